The maximum atomic E-state index is 13.0. The largest absolute Gasteiger partial charge is 0.416 e. The van der Waals surface area contributed by atoms with Crippen LogP contribution in [0.15, 0.2) is 35.7 Å². The molecule has 0 N–H and O–H groups in total. The van der Waals surface area contributed by atoms with E-state index in [1.165, 1.54) is 17.4 Å². The molecule has 24 heavy (non-hydrogen) atoms. The summed E-state index contributed by atoms with van der Waals surface area (Å²) in [5, 5.41) is 1.94. The molecule has 4 rings (SSSR count). The molecular weight excluding hydrogens is 337 g/mol. The van der Waals surface area contributed by atoms with Gasteiger partial charge in [0, 0.05) is 6.61 Å². The molecule has 0 spiro atoms. The van der Waals surface area contributed by atoms with Crippen molar-refractivity contribution in [1.29, 1.82) is 0 Å². The Kier molecular flexibility index (Phi) is 3.85. The smallest absolute Gasteiger partial charge is 0.376 e. The van der Waals surface area contributed by atoms with Crippen LogP contribution in [0, 0.1) is 0 Å². The highest BCUT2D eigenvalue weighted by Crippen LogP contribution is 2.34. The third-order valence-electron chi connectivity index (χ3n) is 4.23. The van der Waals surface area contributed by atoms with Gasteiger partial charge in [0.2, 0.25) is 0 Å². The van der Waals surface area contributed by atoms with Crippen LogP contribution in [0.5, 0.6) is 0 Å². The van der Waals surface area contributed by atoms with Crippen molar-refractivity contribution >= 4 is 22.4 Å². The molecule has 1 fully saturated rings. The Bertz CT molecular complexity index is 849. The van der Waals surface area contributed by atoms with Crippen molar-refractivity contribution in [2.24, 2.45) is 0 Å². The van der Waals surface area contributed by atoms with Gasteiger partial charge in [-0.2, -0.15) is 13.2 Å². The van der Waals surface area contributed by atoms with Crippen LogP contribution in [0.25, 0.3) is 21.7 Å². The first-order valence-corrected chi connectivity index (χ1v) is 8.63. The summed E-state index contributed by atoms with van der Waals surface area (Å²) in [6.07, 6.45) is -2.30. The summed E-state index contributed by atoms with van der Waals surface area (Å²) < 4.78 is 46.6. The number of aromatic nitrogens is 2. The molecule has 1 aliphatic rings. The van der Waals surface area contributed by atoms with Crippen molar-refractivity contribution in [2.45, 2.75) is 31.7 Å². The van der Waals surface area contributed by atoms with E-state index >= 15 is 0 Å². The van der Waals surface area contributed by atoms with Crippen molar-refractivity contribution in [1.82, 2.24) is 9.55 Å². The lowest BCUT2D eigenvalue weighted by Crippen LogP contribution is -2.15. The van der Waals surface area contributed by atoms with Gasteiger partial charge in [0.25, 0.3) is 0 Å². The number of imidazole rings is 1. The van der Waals surface area contributed by atoms with E-state index in [-0.39, 0.29) is 6.10 Å². The Balaban J connectivity index is 1.84. The molecule has 0 aliphatic carbocycles. The number of halogens is 3. The number of nitrogens with zero attached hydrogens (tertiary/aromatic N) is 2. The number of hydrogen-bond donors (Lipinski definition) is 0. The van der Waals surface area contributed by atoms with Crippen LogP contribution in [0.2, 0.25) is 0 Å². The van der Waals surface area contributed by atoms with Gasteiger partial charge < -0.3 is 9.30 Å². The highest BCUT2D eigenvalue weighted by molar-refractivity contribution is 7.13. The minimum absolute atomic E-state index is 0.0865. The van der Waals surface area contributed by atoms with E-state index in [0.717, 1.165) is 36.5 Å². The molecule has 2 aromatic heterocycles. The second-order valence-corrected chi connectivity index (χ2v) is 6.81. The molecule has 126 valence electrons. The molecule has 3 heterocycles. The van der Waals surface area contributed by atoms with E-state index in [9.17, 15) is 13.2 Å². The van der Waals surface area contributed by atoms with Gasteiger partial charge in [-0.15, -0.1) is 11.3 Å². The van der Waals surface area contributed by atoms with Crippen LogP contribution in [0.4, 0.5) is 13.2 Å². The van der Waals surface area contributed by atoms with Crippen LogP contribution >= 0.6 is 11.3 Å². The Morgan fingerprint density at radius 2 is 2.17 bits per heavy atom. The highest BCUT2D eigenvalue weighted by atomic mass is 32.1. The summed E-state index contributed by atoms with van der Waals surface area (Å²) in [5.41, 5.74) is 0.405. The topological polar surface area (TPSA) is 27.1 Å². The molecule has 1 unspecified atom stereocenters. The first-order valence-electron chi connectivity index (χ1n) is 7.75. The maximum absolute atomic E-state index is 13.0. The summed E-state index contributed by atoms with van der Waals surface area (Å²) in [4.78, 5) is 5.43. The normalized spacial score (nSPS) is 18.5. The number of alkyl halides is 3. The van der Waals surface area contributed by atoms with E-state index in [2.05, 4.69) is 4.98 Å². The molecule has 1 aromatic carbocycles. The van der Waals surface area contributed by atoms with Gasteiger partial charge in [0.1, 0.15) is 0 Å². The minimum Gasteiger partial charge on any atom is -0.376 e. The molecule has 0 radical (unpaired) electrons. The van der Waals surface area contributed by atoms with Crippen LogP contribution in [0.3, 0.4) is 0 Å². The van der Waals surface area contributed by atoms with E-state index in [1.807, 2.05) is 22.1 Å². The van der Waals surface area contributed by atoms with E-state index in [1.54, 1.807) is 0 Å². The fourth-order valence-electron chi connectivity index (χ4n) is 3.08. The fraction of sp³-hybridized carbons (Fsp3) is 0.353. The lowest BCUT2D eigenvalue weighted by molar-refractivity contribution is -0.137. The highest BCUT2D eigenvalue weighted by Gasteiger charge is 2.31. The quantitative estimate of drug-likeness (QED) is 0.666. The number of ether oxygens (including phenoxy) is 1. The Labute approximate surface area is 140 Å². The predicted octanol–water partition coefficient (Wildman–Crippen LogP) is 4.96. The van der Waals surface area contributed by atoms with Crippen molar-refractivity contribution in [3.05, 3.63) is 41.3 Å². The van der Waals surface area contributed by atoms with Crippen molar-refractivity contribution in [3.63, 3.8) is 0 Å². The number of benzene rings is 1. The average molecular weight is 352 g/mol. The Morgan fingerprint density at radius 1 is 1.29 bits per heavy atom. The second kappa shape index (κ2) is 5.89. The zero-order chi connectivity index (χ0) is 16.7. The van der Waals surface area contributed by atoms with Crippen molar-refractivity contribution in [3.8, 4) is 10.7 Å². The third-order valence-corrected chi connectivity index (χ3v) is 5.09. The van der Waals surface area contributed by atoms with Crippen molar-refractivity contribution < 1.29 is 17.9 Å². The van der Waals surface area contributed by atoms with Gasteiger partial charge in [0.15, 0.2) is 5.82 Å². The van der Waals surface area contributed by atoms with Crippen LogP contribution in [-0.4, -0.2) is 22.3 Å². The summed E-state index contributed by atoms with van der Waals surface area (Å²) in [5.74, 6) is 0.704. The monoisotopic (exact) mass is 352 g/mol. The summed E-state index contributed by atoms with van der Waals surface area (Å²) in [6, 6.07) is 7.60. The second-order valence-electron chi connectivity index (χ2n) is 5.86. The first kappa shape index (κ1) is 15.7. The molecule has 0 amide bonds. The van der Waals surface area contributed by atoms with E-state index in [0.29, 0.717) is 23.4 Å². The zero-order valence-corrected chi connectivity index (χ0v) is 13.5. The zero-order valence-electron chi connectivity index (χ0n) is 12.7. The standard InChI is InChI=1S/C17H15F3N2OS/c18-17(19,20)11-5-6-14-13(9-11)21-16(15-4-2-8-24-15)22(14)10-12-3-1-7-23-12/h2,4-6,8-9,12H,1,3,7,10H2. The van der Waals surface area contributed by atoms with Gasteiger partial charge >= 0.3 is 6.18 Å². The number of fused-ring (bicyclic) bond motifs is 1. The lowest BCUT2D eigenvalue weighted by atomic mass is 10.2. The number of thiophene rings is 1. The predicted molar refractivity (Wildman–Crippen MR) is 87.0 cm³/mol. The Hall–Kier alpha value is -1.86. The summed E-state index contributed by atoms with van der Waals surface area (Å²) >= 11 is 1.53. The van der Waals surface area contributed by atoms with Crippen LogP contribution in [-0.2, 0) is 17.5 Å². The average Bonchev–Trinajstić information content (AvgIpc) is 3.27. The third kappa shape index (κ3) is 2.82. The van der Waals surface area contributed by atoms with Gasteiger partial charge in [-0.1, -0.05) is 6.07 Å². The van der Waals surface area contributed by atoms with Gasteiger partial charge in [0.05, 0.1) is 34.1 Å². The molecule has 7 heteroatoms. The summed E-state index contributed by atoms with van der Waals surface area (Å²) in [6.45, 7) is 1.35. The van der Waals surface area contributed by atoms with Gasteiger partial charge in [-0.05, 0) is 42.5 Å². The number of rotatable bonds is 3. The van der Waals surface area contributed by atoms with E-state index in [4.69, 9.17) is 4.74 Å². The number of hydrogen-bond acceptors (Lipinski definition) is 3. The van der Waals surface area contributed by atoms with Crippen LogP contribution < -0.4 is 0 Å². The molecule has 0 bridgehead atoms. The molecule has 1 aliphatic heterocycles. The molecule has 0 saturated carbocycles. The Morgan fingerprint density at radius 3 is 2.83 bits per heavy atom. The fourth-order valence-corrected chi connectivity index (χ4v) is 3.80. The molecular formula is C17H15F3N2OS. The van der Waals surface area contributed by atoms with Gasteiger partial charge in [-0.25, -0.2) is 4.98 Å². The first-order chi connectivity index (χ1) is 11.5. The molecule has 3 nitrogen and oxygen atoms in total. The molecule has 1 atom stereocenters. The van der Waals surface area contributed by atoms with Crippen molar-refractivity contribution in [2.75, 3.05) is 6.61 Å². The van der Waals surface area contributed by atoms with Gasteiger partial charge in [-0.3, -0.25) is 0 Å². The van der Waals surface area contributed by atoms with E-state index < -0.39 is 11.7 Å². The van der Waals surface area contributed by atoms with Crippen LogP contribution in [0.1, 0.15) is 18.4 Å². The minimum atomic E-state index is -4.37. The SMILES string of the molecule is FC(F)(F)c1ccc2c(c1)nc(-c1cccs1)n2CC1CCCO1. The summed E-state index contributed by atoms with van der Waals surface area (Å²) in [7, 11) is 0. The molecule has 1 saturated heterocycles. The molecule has 3 aromatic rings. The lowest BCUT2D eigenvalue weighted by Gasteiger charge is -2.14. The maximum Gasteiger partial charge on any atom is 0.416 e.